The first-order chi connectivity index (χ1) is 6.70. The van der Waals surface area contributed by atoms with Crippen molar-refractivity contribution >= 4 is 0 Å². The second-order valence-corrected chi connectivity index (χ2v) is 2.74. The van der Waals surface area contributed by atoms with E-state index in [1.807, 2.05) is 6.07 Å². The van der Waals surface area contributed by atoms with Gasteiger partial charge in [-0.3, -0.25) is 0 Å². The van der Waals surface area contributed by atoms with Crippen LogP contribution in [0.5, 0.6) is 0 Å². The molecule has 2 rings (SSSR count). The SMILES string of the molecule is Nn1c(=O)[nH]n(-c2ccccc2)c1=O. The van der Waals surface area contributed by atoms with Gasteiger partial charge in [0.2, 0.25) is 0 Å². The van der Waals surface area contributed by atoms with Gasteiger partial charge in [-0.2, -0.15) is 9.36 Å². The maximum Gasteiger partial charge on any atom is 0.370 e. The molecule has 0 aliphatic rings. The molecule has 0 aliphatic heterocycles. The van der Waals surface area contributed by atoms with Crippen molar-refractivity contribution < 1.29 is 0 Å². The van der Waals surface area contributed by atoms with Gasteiger partial charge in [-0.05, 0) is 12.1 Å². The van der Waals surface area contributed by atoms with Crippen molar-refractivity contribution in [1.29, 1.82) is 0 Å². The van der Waals surface area contributed by atoms with E-state index < -0.39 is 11.4 Å². The Morgan fingerprint density at radius 3 is 2.29 bits per heavy atom. The third-order valence-corrected chi connectivity index (χ3v) is 1.84. The predicted molar refractivity (Wildman–Crippen MR) is 50.8 cm³/mol. The summed E-state index contributed by atoms with van der Waals surface area (Å²) in [5.41, 5.74) is -0.668. The van der Waals surface area contributed by atoms with Gasteiger partial charge < -0.3 is 5.84 Å². The first-order valence-corrected chi connectivity index (χ1v) is 3.95. The molecule has 0 bridgehead atoms. The molecule has 0 amide bonds. The minimum absolute atomic E-state index is 0.521. The van der Waals surface area contributed by atoms with E-state index in [9.17, 15) is 9.59 Å². The molecule has 0 saturated heterocycles. The van der Waals surface area contributed by atoms with Crippen molar-refractivity contribution in [2.75, 3.05) is 5.84 Å². The van der Waals surface area contributed by atoms with Gasteiger partial charge in [0, 0.05) is 0 Å². The zero-order valence-electron chi connectivity index (χ0n) is 7.18. The highest BCUT2D eigenvalue weighted by Crippen LogP contribution is 1.99. The second-order valence-electron chi connectivity index (χ2n) is 2.74. The van der Waals surface area contributed by atoms with Gasteiger partial charge in [0.15, 0.2) is 0 Å². The van der Waals surface area contributed by atoms with Crippen molar-refractivity contribution in [1.82, 2.24) is 14.5 Å². The summed E-state index contributed by atoms with van der Waals surface area (Å²) < 4.78 is 1.61. The van der Waals surface area contributed by atoms with Crippen molar-refractivity contribution in [3.05, 3.63) is 51.3 Å². The minimum Gasteiger partial charge on any atom is -0.331 e. The quantitative estimate of drug-likeness (QED) is 0.570. The molecule has 0 spiro atoms. The van der Waals surface area contributed by atoms with Crippen molar-refractivity contribution in [3.8, 4) is 5.69 Å². The zero-order chi connectivity index (χ0) is 10.1. The molecule has 0 fully saturated rings. The third kappa shape index (κ3) is 1.13. The molecule has 1 aromatic heterocycles. The van der Waals surface area contributed by atoms with Gasteiger partial charge in [-0.1, -0.05) is 18.2 Å². The molecule has 14 heavy (non-hydrogen) atoms. The lowest BCUT2D eigenvalue weighted by molar-refractivity contribution is 0.820. The van der Waals surface area contributed by atoms with Gasteiger partial charge >= 0.3 is 11.4 Å². The smallest absolute Gasteiger partial charge is 0.331 e. The summed E-state index contributed by atoms with van der Waals surface area (Å²) in [5, 5.41) is 2.32. The highest BCUT2D eigenvalue weighted by atomic mass is 16.2. The predicted octanol–water partition coefficient (Wildman–Crippen LogP) is -0.959. The molecule has 2 aromatic rings. The van der Waals surface area contributed by atoms with Crippen molar-refractivity contribution in [3.63, 3.8) is 0 Å². The first kappa shape index (κ1) is 8.36. The number of benzene rings is 1. The van der Waals surface area contributed by atoms with E-state index in [1.165, 1.54) is 0 Å². The average Bonchev–Trinajstić information content (AvgIpc) is 2.47. The Labute approximate surface area is 78.2 Å². The highest BCUT2D eigenvalue weighted by molar-refractivity contribution is 5.29. The van der Waals surface area contributed by atoms with Crippen LogP contribution in [0.15, 0.2) is 39.9 Å². The largest absolute Gasteiger partial charge is 0.370 e. The lowest BCUT2D eigenvalue weighted by Gasteiger charge is -1.97. The van der Waals surface area contributed by atoms with E-state index in [-0.39, 0.29) is 0 Å². The summed E-state index contributed by atoms with van der Waals surface area (Å²) >= 11 is 0. The van der Waals surface area contributed by atoms with Crippen LogP contribution in [0.2, 0.25) is 0 Å². The van der Waals surface area contributed by atoms with Crippen LogP contribution in [0.1, 0.15) is 0 Å². The van der Waals surface area contributed by atoms with Crippen LogP contribution in [-0.4, -0.2) is 14.5 Å². The normalized spacial score (nSPS) is 10.3. The van der Waals surface area contributed by atoms with Crippen LogP contribution >= 0.6 is 0 Å². The van der Waals surface area contributed by atoms with Crippen LogP contribution in [0.4, 0.5) is 0 Å². The fourth-order valence-electron chi connectivity index (χ4n) is 1.14. The zero-order valence-corrected chi connectivity index (χ0v) is 7.18. The molecule has 1 heterocycles. The third-order valence-electron chi connectivity index (χ3n) is 1.84. The van der Waals surface area contributed by atoms with Crippen LogP contribution in [-0.2, 0) is 0 Å². The van der Waals surface area contributed by atoms with Crippen molar-refractivity contribution in [2.24, 2.45) is 0 Å². The van der Waals surface area contributed by atoms with Gasteiger partial charge in [0.25, 0.3) is 0 Å². The average molecular weight is 192 g/mol. The highest BCUT2D eigenvalue weighted by Gasteiger charge is 2.06. The number of aromatic amines is 1. The Morgan fingerprint density at radius 2 is 1.79 bits per heavy atom. The number of nitrogen functional groups attached to an aromatic ring is 1. The number of hydrogen-bond donors (Lipinski definition) is 2. The monoisotopic (exact) mass is 192 g/mol. The van der Waals surface area contributed by atoms with Crippen molar-refractivity contribution in [2.45, 2.75) is 0 Å². The van der Waals surface area contributed by atoms with E-state index in [2.05, 4.69) is 5.10 Å². The molecular formula is C8H8N4O2. The molecule has 1 aromatic carbocycles. The van der Waals surface area contributed by atoms with E-state index in [4.69, 9.17) is 5.84 Å². The summed E-state index contributed by atoms with van der Waals surface area (Å²) in [6.07, 6.45) is 0. The van der Waals surface area contributed by atoms with Gasteiger partial charge in [0.1, 0.15) is 0 Å². The molecule has 3 N–H and O–H groups in total. The number of nitrogens with one attached hydrogen (secondary N) is 1. The Kier molecular flexibility index (Phi) is 1.74. The van der Waals surface area contributed by atoms with E-state index in [0.717, 1.165) is 4.68 Å². The first-order valence-electron chi connectivity index (χ1n) is 3.95. The standard InChI is InChI=1S/C8H8N4O2/c9-11-7(13)10-12(8(11)14)6-4-2-1-3-5-6/h1-5H,9H2,(H,10,13). The molecule has 0 unspecified atom stereocenters. The van der Waals surface area contributed by atoms with E-state index in [0.29, 0.717) is 10.4 Å². The Bertz CT molecular complexity index is 549. The van der Waals surface area contributed by atoms with E-state index in [1.54, 1.807) is 24.3 Å². The Hall–Kier alpha value is -2.24. The molecule has 0 radical (unpaired) electrons. The number of aromatic nitrogens is 3. The summed E-state index contributed by atoms with van der Waals surface area (Å²) in [7, 11) is 0. The maximum absolute atomic E-state index is 11.4. The number of H-pyrrole nitrogens is 1. The molecular weight excluding hydrogens is 184 g/mol. The lowest BCUT2D eigenvalue weighted by atomic mass is 10.3. The maximum atomic E-state index is 11.4. The Morgan fingerprint density at radius 1 is 1.14 bits per heavy atom. The fraction of sp³-hybridized carbons (Fsp3) is 0. The number of nitrogens with two attached hydrogens (primary N) is 1. The van der Waals surface area contributed by atoms with Crippen LogP contribution < -0.4 is 17.2 Å². The van der Waals surface area contributed by atoms with Crippen LogP contribution in [0, 0.1) is 0 Å². The molecule has 6 heteroatoms. The number of hydrogen-bond acceptors (Lipinski definition) is 3. The topological polar surface area (TPSA) is 85.8 Å². The molecule has 0 atom stereocenters. The summed E-state index contributed by atoms with van der Waals surface area (Å²) in [6.45, 7) is 0. The molecule has 6 nitrogen and oxygen atoms in total. The summed E-state index contributed by atoms with van der Waals surface area (Å²) in [6, 6.07) is 8.71. The van der Waals surface area contributed by atoms with E-state index >= 15 is 0 Å². The van der Waals surface area contributed by atoms with Gasteiger partial charge in [-0.15, -0.1) is 0 Å². The number of rotatable bonds is 1. The number of nitrogens with zero attached hydrogens (tertiary/aromatic N) is 2. The molecule has 0 saturated carbocycles. The fourth-order valence-corrected chi connectivity index (χ4v) is 1.14. The summed E-state index contributed by atoms with van der Waals surface area (Å²) in [5.74, 6) is 5.18. The summed E-state index contributed by atoms with van der Waals surface area (Å²) in [4.78, 5) is 22.4. The molecule has 0 aliphatic carbocycles. The number of para-hydroxylation sites is 1. The molecule has 72 valence electrons. The van der Waals surface area contributed by atoms with Crippen LogP contribution in [0.25, 0.3) is 5.69 Å². The lowest BCUT2D eigenvalue weighted by Crippen LogP contribution is -2.34. The van der Waals surface area contributed by atoms with Gasteiger partial charge in [-0.25, -0.2) is 14.7 Å². The second kappa shape index (κ2) is 2.91. The van der Waals surface area contributed by atoms with Gasteiger partial charge in [0.05, 0.1) is 5.69 Å². The Balaban J connectivity index is 2.71. The van der Waals surface area contributed by atoms with Crippen LogP contribution in [0.3, 0.4) is 0 Å². The minimum atomic E-state index is -0.640.